The minimum Gasteiger partial charge on any atom is -0.380 e. The molecule has 2 heterocycles. The molecule has 0 spiro atoms. The summed E-state index contributed by atoms with van der Waals surface area (Å²) in [5.41, 5.74) is 1.31. The number of alkyl halides is 1. The second kappa shape index (κ2) is 15.8. The molecule has 0 amide bonds. The van der Waals surface area contributed by atoms with Gasteiger partial charge in [0.05, 0.1) is 16.8 Å². The van der Waals surface area contributed by atoms with Gasteiger partial charge >= 0.3 is 0 Å². The summed E-state index contributed by atoms with van der Waals surface area (Å²) in [6.07, 6.45) is 6.21. The number of hydrogen-bond donors (Lipinski definition) is 2. The van der Waals surface area contributed by atoms with Crippen LogP contribution < -0.4 is 10.0 Å². The fourth-order valence-electron chi connectivity index (χ4n) is 5.97. The topological polar surface area (TPSA) is 140 Å². The van der Waals surface area contributed by atoms with Crippen LogP contribution in [0.15, 0.2) is 46.6 Å². The number of nitrogens with one attached hydrogen (secondary N) is 2. The van der Waals surface area contributed by atoms with Crippen LogP contribution in [0.25, 0.3) is 10.8 Å². The first kappa shape index (κ1) is 40.9. The second-order valence-electron chi connectivity index (χ2n) is 17.3. The van der Waals surface area contributed by atoms with Gasteiger partial charge in [-0.1, -0.05) is 39.3 Å². The molecular weight excluding hydrogens is 738 g/mol. The zero-order valence-corrected chi connectivity index (χ0v) is 35.5. The van der Waals surface area contributed by atoms with Crippen LogP contribution in [0.1, 0.15) is 49.4 Å². The maximum Gasteiger partial charge on any atom is 0.264 e. The number of hydrogen-bond acceptors (Lipinski definition) is 9. The minimum atomic E-state index is -4.07. The average Bonchev–Trinajstić information content (AvgIpc) is 3.81. The number of sulfonamides is 2. The van der Waals surface area contributed by atoms with E-state index in [9.17, 15) is 21.2 Å². The number of benzene rings is 1. The van der Waals surface area contributed by atoms with E-state index in [-0.39, 0.29) is 36.0 Å². The molecule has 0 radical (unpaired) electrons. The third-order valence-electron chi connectivity index (χ3n) is 9.23. The van der Waals surface area contributed by atoms with Crippen molar-refractivity contribution in [2.45, 2.75) is 118 Å². The summed E-state index contributed by atoms with van der Waals surface area (Å²) >= 11 is 0. The van der Waals surface area contributed by atoms with Gasteiger partial charge in [0.1, 0.15) is 19.1 Å². The number of halogens is 1. The largest absolute Gasteiger partial charge is 0.380 e. The Hall–Kier alpha value is -2.32. The third-order valence-corrected chi connectivity index (χ3v) is 15.8. The number of nitrogens with zero attached hydrogens (tertiary/aromatic N) is 3. The lowest BCUT2D eigenvalue weighted by atomic mass is 10.0. The molecule has 1 aromatic carbocycles. The van der Waals surface area contributed by atoms with Gasteiger partial charge in [0, 0.05) is 70.5 Å². The molecule has 3 aromatic rings. The lowest BCUT2D eigenvalue weighted by Crippen LogP contribution is -2.37. The number of anilines is 1. The van der Waals surface area contributed by atoms with Gasteiger partial charge in [0.25, 0.3) is 10.0 Å². The van der Waals surface area contributed by atoms with Crippen molar-refractivity contribution in [1.82, 2.24) is 19.0 Å². The van der Waals surface area contributed by atoms with Gasteiger partial charge < -0.3 is 14.8 Å². The molecule has 288 valence electrons. The number of fused-ring (bicyclic) bond motifs is 2. The van der Waals surface area contributed by atoms with Crippen molar-refractivity contribution < 1.29 is 30.7 Å². The Morgan fingerprint density at radius 1 is 0.904 bits per heavy atom. The summed E-state index contributed by atoms with van der Waals surface area (Å²) in [5.74, 6) is 0.330. The third kappa shape index (κ3) is 11.1. The van der Waals surface area contributed by atoms with E-state index in [4.69, 9.17) is 9.47 Å². The first-order valence-corrected chi connectivity index (χ1v) is 28.5. The smallest absolute Gasteiger partial charge is 0.264 e. The van der Waals surface area contributed by atoms with Gasteiger partial charge in [0.15, 0.2) is 5.03 Å². The maximum atomic E-state index is 14.5. The van der Waals surface area contributed by atoms with Gasteiger partial charge in [0.2, 0.25) is 10.0 Å². The molecule has 0 saturated heterocycles. The molecule has 16 heteroatoms. The van der Waals surface area contributed by atoms with Crippen LogP contribution in [0.2, 0.25) is 51.4 Å². The average molecular weight is 794 g/mol. The fourth-order valence-corrected chi connectivity index (χ4v) is 10.3. The molecule has 2 aliphatic rings. The van der Waals surface area contributed by atoms with E-state index in [1.165, 1.54) is 30.4 Å². The highest BCUT2D eigenvalue weighted by Crippen LogP contribution is 2.42. The molecular formula is C36H56FN5O6S2Si2. The molecule has 0 aliphatic heterocycles. The molecule has 1 fully saturated rings. The highest BCUT2D eigenvalue weighted by molar-refractivity contribution is 7.89. The zero-order chi connectivity index (χ0) is 38.1. The summed E-state index contributed by atoms with van der Waals surface area (Å²) in [4.78, 5) is 9.14. The number of aromatic nitrogens is 2. The maximum absolute atomic E-state index is 14.5. The van der Waals surface area contributed by atoms with E-state index in [0.717, 1.165) is 41.6 Å². The Morgan fingerprint density at radius 2 is 1.54 bits per heavy atom. The van der Waals surface area contributed by atoms with Crippen LogP contribution >= 0.6 is 0 Å². The second-order valence-corrected chi connectivity index (χ2v) is 32.1. The molecule has 1 atom stereocenters. The normalized spacial score (nSPS) is 17.2. The molecule has 11 nitrogen and oxygen atoms in total. The fraction of sp³-hybridized carbons (Fsp3) is 0.611. The molecule has 52 heavy (non-hydrogen) atoms. The lowest BCUT2D eigenvalue weighted by Gasteiger charge is -2.24. The van der Waals surface area contributed by atoms with E-state index in [0.29, 0.717) is 48.6 Å². The van der Waals surface area contributed by atoms with Crippen LogP contribution in [-0.2, 0) is 42.4 Å². The van der Waals surface area contributed by atoms with E-state index in [1.54, 1.807) is 12.3 Å². The van der Waals surface area contributed by atoms with Crippen LogP contribution in [0.4, 0.5) is 10.1 Å². The summed E-state index contributed by atoms with van der Waals surface area (Å²) in [5, 5.41) is 4.63. The van der Waals surface area contributed by atoms with E-state index in [1.807, 2.05) is 12.1 Å². The molecule has 5 rings (SSSR count). The quantitative estimate of drug-likeness (QED) is 0.0769. The molecule has 1 saturated carbocycles. The van der Waals surface area contributed by atoms with E-state index < -0.39 is 41.9 Å². The first-order chi connectivity index (χ1) is 24.1. The van der Waals surface area contributed by atoms with Gasteiger partial charge in [-0.25, -0.2) is 30.9 Å². The highest BCUT2D eigenvalue weighted by atomic mass is 32.2. The lowest BCUT2D eigenvalue weighted by molar-refractivity contribution is 0.00802. The van der Waals surface area contributed by atoms with Crippen LogP contribution in [-0.4, -0.2) is 92.2 Å². The first-order valence-electron chi connectivity index (χ1n) is 18.1. The Kier molecular flexibility index (Phi) is 12.4. The molecule has 2 aromatic heterocycles. The monoisotopic (exact) mass is 793 g/mol. The molecule has 0 bridgehead atoms. The van der Waals surface area contributed by atoms with Crippen molar-refractivity contribution in [3.05, 3.63) is 53.5 Å². The van der Waals surface area contributed by atoms with Crippen molar-refractivity contribution >= 4 is 52.7 Å². The molecule has 0 unspecified atom stereocenters. The number of ether oxygens (including phenoxy) is 2. The Morgan fingerprint density at radius 3 is 2.08 bits per heavy atom. The van der Waals surface area contributed by atoms with E-state index in [2.05, 4.69) is 59.3 Å². The summed E-state index contributed by atoms with van der Waals surface area (Å²) < 4.78 is 85.1. The van der Waals surface area contributed by atoms with Crippen molar-refractivity contribution in [3.8, 4) is 0 Å². The van der Waals surface area contributed by atoms with Gasteiger partial charge in [-0.2, -0.15) is 0 Å². The van der Waals surface area contributed by atoms with Gasteiger partial charge in [-0.3, -0.25) is 4.98 Å². The van der Waals surface area contributed by atoms with Crippen molar-refractivity contribution in [2.24, 2.45) is 0 Å². The standard InChI is InChI=1S/C36H56FN5O6S2Si2/c1-36(2,37)23-40-49(43,44)35-31-19-30(18-27(31)17-28-21-38-33(20-32(28)35)26-9-10-26)41-29-11-12-34(39-22-29)50(45,46)42(24-47-13-15-51(3,4)5)25-48-14-16-52(6,7)8/h11-12,17,20-22,26,30,40-41H,9-10,13-16,18-19,23-25H2,1-8H3/t30-/m1/s1. The summed E-state index contributed by atoms with van der Waals surface area (Å²) in [6, 6.07) is 8.65. The van der Waals surface area contributed by atoms with Crippen molar-refractivity contribution in [2.75, 3.05) is 38.5 Å². The SMILES string of the molecule is CC(C)(F)CNS(=O)(=O)c1c2c(cc3cnc(C4CC4)cc13)C[C@@H](Nc1ccc(S(=O)(=O)N(COCC[Si](C)(C)C)COCC[Si](C)(C)C)nc1)C2. The van der Waals surface area contributed by atoms with E-state index >= 15 is 0 Å². The minimum absolute atomic E-state index is 0.115. The Bertz CT molecular complexity index is 1920. The Labute approximate surface area is 311 Å². The molecule has 2 aliphatic carbocycles. The van der Waals surface area contributed by atoms with Crippen LogP contribution in [0, 0.1) is 0 Å². The predicted molar refractivity (Wildman–Crippen MR) is 210 cm³/mol. The van der Waals surface area contributed by atoms with Crippen LogP contribution in [0.5, 0.6) is 0 Å². The highest BCUT2D eigenvalue weighted by Gasteiger charge is 2.34. The summed E-state index contributed by atoms with van der Waals surface area (Å²) in [7, 11) is -10.8. The predicted octanol–water partition coefficient (Wildman–Crippen LogP) is 6.73. The van der Waals surface area contributed by atoms with Crippen LogP contribution in [0.3, 0.4) is 0 Å². The van der Waals surface area contributed by atoms with Gasteiger partial charge in [-0.05, 0) is 87.0 Å². The number of pyridine rings is 2. The van der Waals surface area contributed by atoms with Crippen molar-refractivity contribution in [3.63, 3.8) is 0 Å². The molecule has 2 N–H and O–H groups in total. The summed E-state index contributed by atoms with van der Waals surface area (Å²) in [6.45, 7) is 16.5. The number of rotatable bonds is 19. The van der Waals surface area contributed by atoms with Crippen molar-refractivity contribution in [1.29, 1.82) is 0 Å². The zero-order valence-electron chi connectivity index (χ0n) is 31.9. The van der Waals surface area contributed by atoms with Gasteiger partial charge in [-0.15, -0.1) is 4.31 Å². The Balaban J connectivity index is 1.33.